The van der Waals surface area contributed by atoms with Crippen LogP contribution in [0.5, 0.6) is 17.2 Å². The zero-order valence-corrected chi connectivity index (χ0v) is 17.5. The number of hydrogen-bond acceptors (Lipinski definition) is 4. The summed E-state index contributed by atoms with van der Waals surface area (Å²) in [6.07, 6.45) is 2.88. The van der Waals surface area contributed by atoms with Crippen LogP contribution in [0.1, 0.15) is 30.0 Å². The zero-order chi connectivity index (χ0) is 20.6. The minimum absolute atomic E-state index is 0.0728. The lowest BCUT2D eigenvalue weighted by Crippen LogP contribution is -3.11. The molecule has 29 heavy (non-hydrogen) atoms. The first-order valence-electron chi connectivity index (χ1n) is 10.1. The van der Waals surface area contributed by atoms with Crippen molar-refractivity contribution >= 4 is 5.91 Å². The highest BCUT2D eigenvalue weighted by Crippen LogP contribution is 2.31. The molecule has 0 spiro atoms. The maximum absolute atomic E-state index is 12.6. The van der Waals surface area contributed by atoms with Crippen molar-refractivity contribution in [3.63, 3.8) is 0 Å². The summed E-state index contributed by atoms with van der Waals surface area (Å²) in [5, 5.41) is 3.06. The Morgan fingerprint density at radius 3 is 2.62 bits per heavy atom. The number of likely N-dealkylation sites (tertiary alicyclic amines) is 1. The Balaban J connectivity index is 1.59. The van der Waals surface area contributed by atoms with E-state index in [4.69, 9.17) is 14.2 Å². The van der Waals surface area contributed by atoms with Crippen molar-refractivity contribution < 1.29 is 23.9 Å². The van der Waals surface area contributed by atoms with Crippen molar-refractivity contribution in [3.8, 4) is 17.2 Å². The molecule has 0 radical (unpaired) electrons. The Kier molecular flexibility index (Phi) is 7.36. The van der Waals surface area contributed by atoms with Crippen molar-refractivity contribution in [1.29, 1.82) is 0 Å². The van der Waals surface area contributed by atoms with Crippen molar-refractivity contribution in [3.05, 3.63) is 53.6 Å². The van der Waals surface area contributed by atoms with Gasteiger partial charge in [0.05, 0.1) is 33.4 Å². The molecule has 1 amide bonds. The Hall–Kier alpha value is -2.73. The summed E-state index contributed by atoms with van der Waals surface area (Å²) in [4.78, 5) is 13.8. The molecule has 0 aromatic heterocycles. The van der Waals surface area contributed by atoms with Crippen LogP contribution in [-0.4, -0.2) is 46.9 Å². The first-order chi connectivity index (χ1) is 14.2. The van der Waals surface area contributed by atoms with Crippen molar-refractivity contribution in [2.45, 2.75) is 25.3 Å². The number of rotatable bonds is 9. The van der Waals surface area contributed by atoms with Crippen LogP contribution in [0.2, 0.25) is 0 Å². The predicted octanol–water partition coefficient (Wildman–Crippen LogP) is 1.79. The van der Waals surface area contributed by atoms with E-state index in [0.717, 1.165) is 54.2 Å². The second-order valence-electron chi connectivity index (χ2n) is 7.30. The normalized spacial score (nSPS) is 18.3. The number of benzene rings is 2. The summed E-state index contributed by atoms with van der Waals surface area (Å²) in [5.74, 6) is 2.60. The van der Waals surface area contributed by atoms with Crippen molar-refractivity contribution in [1.82, 2.24) is 5.32 Å². The van der Waals surface area contributed by atoms with Crippen LogP contribution in [0.3, 0.4) is 0 Å². The average Bonchev–Trinajstić information content (AvgIpc) is 3.21. The lowest BCUT2D eigenvalue weighted by atomic mass is 10.0. The van der Waals surface area contributed by atoms with Crippen LogP contribution >= 0.6 is 0 Å². The number of amides is 1. The minimum atomic E-state index is 0.0728. The molecule has 2 aromatic carbocycles. The van der Waals surface area contributed by atoms with Crippen LogP contribution in [0.15, 0.2) is 42.5 Å². The van der Waals surface area contributed by atoms with Gasteiger partial charge in [-0.15, -0.1) is 0 Å². The van der Waals surface area contributed by atoms with Gasteiger partial charge in [-0.25, -0.2) is 0 Å². The molecule has 0 aliphatic carbocycles. The lowest BCUT2D eigenvalue weighted by Gasteiger charge is -2.23. The fourth-order valence-electron chi connectivity index (χ4n) is 4.13. The topological polar surface area (TPSA) is 61.2 Å². The molecule has 1 fully saturated rings. The van der Waals surface area contributed by atoms with E-state index in [1.165, 1.54) is 4.90 Å². The van der Waals surface area contributed by atoms with E-state index in [2.05, 4.69) is 5.32 Å². The highest BCUT2D eigenvalue weighted by Gasteiger charge is 2.33. The quantitative estimate of drug-likeness (QED) is 0.675. The van der Waals surface area contributed by atoms with Gasteiger partial charge in [0.25, 0.3) is 5.91 Å². The fraction of sp³-hybridized carbons (Fsp3) is 0.435. The highest BCUT2D eigenvalue weighted by atomic mass is 16.5. The van der Waals surface area contributed by atoms with Crippen LogP contribution in [0, 0.1) is 0 Å². The maximum Gasteiger partial charge on any atom is 0.275 e. The molecular formula is C23H31N2O4+. The first-order valence-corrected chi connectivity index (χ1v) is 10.1. The Morgan fingerprint density at radius 2 is 1.86 bits per heavy atom. The second-order valence-corrected chi connectivity index (χ2v) is 7.30. The van der Waals surface area contributed by atoms with Gasteiger partial charge in [0.15, 0.2) is 6.54 Å². The first kappa shape index (κ1) is 21.0. The molecule has 1 unspecified atom stereocenters. The van der Waals surface area contributed by atoms with Gasteiger partial charge in [-0.05, 0) is 36.2 Å². The largest absolute Gasteiger partial charge is 0.497 e. The zero-order valence-electron chi connectivity index (χ0n) is 17.5. The molecule has 2 atom stereocenters. The third kappa shape index (κ3) is 5.21. The minimum Gasteiger partial charge on any atom is -0.497 e. The number of ether oxygens (including phenoxy) is 3. The fourth-order valence-corrected chi connectivity index (χ4v) is 4.13. The number of nitrogens with one attached hydrogen (secondary N) is 2. The van der Waals surface area contributed by atoms with E-state index < -0.39 is 0 Å². The summed E-state index contributed by atoms with van der Waals surface area (Å²) >= 11 is 0. The lowest BCUT2D eigenvalue weighted by molar-refractivity contribution is -0.910. The Labute approximate surface area is 172 Å². The molecule has 2 aromatic rings. The number of carbonyl (C=O) groups is 1. The molecule has 1 aliphatic rings. The van der Waals surface area contributed by atoms with E-state index in [0.29, 0.717) is 13.1 Å². The van der Waals surface area contributed by atoms with E-state index in [1.54, 1.807) is 21.3 Å². The van der Waals surface area contributed by atoms with Crippen molar-refractivity contribution in [2.24, 2.45) is 0 Å². The third-order valence-electron chi connectivity index (χ3n) is 5.59. The van der Waals surface area contributed by atoms with Gasteiger partial charge in [0, 0.05) is 19.4 Å². The van der Waals surface area contributed by atoms with Gasteiger partial charge in [-0.1, -0.05) is 18.2 Å². The van der Waals surface area contributed by atoms with Crippen LogP contribution in [0.25, 0.3) is 0 Å². The number of hydrogen-bond donors (Lipinski definition) is 2. The van der Waals surface area contributed by atoms with Gasteiger partial charge in [0.1, 0.15) is 23.3 Å². The monoisotopic (exact) mass is 399 g/mol. The molecule has 1 saturated heterocycles. The van der Waals surface area contributed by atoms with Crippen LogP contribution in [0.4, 0.5) is 0 Å². The molecule has 1 aliphatic heterocycles. The average molecular weight is 400 g/mol. The molecule has 1 heterocycles. The summed E-state index contributed by atoms with van der Waals surface area (Å²) in [7, 11) is 5.02. The standard InChI is InChI=1S/C23H30N2O4/c1-27-18-10-11-22(29-3)19(15-18)20-8-6-14-25(20)16-23(26)24-13-12-17-7-4-5-9-21(17)28-2/h4-5,7,9-11,15,20H,6,8,12-14,16H2,1-3H3,(H,24,26)/p+1/t20-/m0/s1. The van der Waals surface area contributed by atoms with E-state index in [9.17, 15) is 4.79 Å². The summed E-state index contributed by atoms with van der Waals surface area (Å²) in [5.41, 5.74) is 2.21. The molecule has 6 heteroatoms. The molecule has 6 nitrogen and oxygen atoms in total. The molecule has 2 N–H and O–H groups in total. The SMILES string of the molecule is COc1ccc(OC)c([C@@H]2CCC[NH+]2CC(=O)NCCc2ccccc2OC)c1. The van der Waals surface area contributed by atoms with E-state index in [-0.39, 0.29) is 11.9 Å². The summed E-state index contributed by atoms with van der Waals surface area (Å²) in [6.45, 7) is 2.03. The molecular weight excluding hydrogens is 368 g/mol. The molecule has 3 rings (SSSR count). The molecule has 0 bridgehead atoms. The van der Waals surface area contributed by atoms with Crippen molar-refractivity contribution in [2.75, 3.05) is 41.0 Å². The number of carbonyl (C=O) groups excluding carboxylic acids is 1. The van der Waals surface area contributed by atoms with Gasteiger partial charge >= 0.3 is 0 Å². The van der Waals surface area contributed by atoms with Gasteiger partial charge in [-0.2, -0.15) is 0 Å². The maximum atomic E-state index is 12.6. The molecule has 156 valence electrons. The number of quaternary nitrogens is 1. The van der Waals surface area contributed by atoms with E-state index in [1.807, 2.05) is 42.5 Å². The number of methoxy groups -OCH3 is 3. The second kappa shape index (κ2) is 10.2. The van der Waals surface area contributed by atoms with Crippen LogP contribution < -0.4 is 24.4 Å². The summed E-state index contributed by atoms with van der Waals surface area (Å²) < 4.78 is 16.3. The van der Waals surface area contributed by atoms with Gasteiger partial charge in [0.2, 0.25) is 0 Å². The van der Waals surface area contributed by atoms with Gasteiger partial charge < -0.3 is 24.4 Å². The predicted molar refractivity (Wildman–Crippen MR) is 112 cm³/mol. The molecule has 0 saturated carbocycles. The number of para-hydroxylation sites is 1. The third-order valence-corrected chi connectivity index (χ3v) is 5.59. The Bertz CT molecular complexity index is 824. The highest BCUT2D eigenvalue weighted by molar-refractivity contribution is 5.76. The van der Waals surface area contributed by atoms with Crippen LogP contribution in [-0.2, 0) is 11.2 Å². The van der Waals surface area contributed by atoms with Gasteiger partial charge in [-0.3, -0.25) is 4.79 Å². The Morgan fingerprint density at radius 1 is 1.07 bits per heavy atom. The summed E-state index contributed by atoms with van der Waals surface area (Å²) in [6, 6.07) is 14.0. The smallest absolute Gasteiger partial charge is 0.275 e. The van der Waals surface area contributed by atoms with E-state index >= 15 is 0 Å².